The Hall–Kier alpha value is -8.77. The Bertz CT molecular complexity index is 3460. The van der Waals surface area contributed by atoms with Gasteiger partial charge in [0.15, 0.2) is 0 Å². The Balaban J connectivity index is 0.881. The molecule has 432 valence electrons. The third-order valence-corrected chi connectivity index (χ3v) is 16.6. The van der Waals surface area contributed by atoms with Gasteiger partial charge in [0.2, 0.25) is 35.4 Å². The highest BCUT2D eigenvalue weighted by Gasteiger charge is 2.47. The molecule has 0 radical (unpaired) electrons. The van der Waals surface area contributed by atoms with Crippen LogP contribution in [0.2, 0.25) is 0 Å². The normalized spacial score (nSPS) is 19.3. The van der Waals surface area contributed by atoms with E-state index in [4.69, 9.17) is 5.73 Å². The van der Waals surface area contributed by atoms with Crippen molar-refractivity contribution in [1.29, 1.82) is 0 Å². The number of H-pyrrole nitrogens is 1. The van der Waals surface area contributed by atoms with E-state index < -0.39 is 84.8 Å². The van der Waals surface area contributed by atoms with E-state index in [2.05, 4.69) is 32.8 Å². The molecule has 4 aromatic carbocycles. The molecule has 0 spiro atoms. The lowest BCUT2D eigenvalue weighted by Crippen LogP contribution is -2.62. The minimum absolute atomic E-state index is 0.0775. The highest BCUT2D eigenvalue weighted by atomic mass is 31.2. The summed E-state index contributed by atoms with van der Waals surface area (Å²) in [5, 5.41) is 8.87. The van der Waals surface area contributed by atoms with E-state index >= 15 is 4.79 Å². The van der Waals surface area contributed by atoms with Crippen molar-refractivity contribution in [3.05, 3.63) is 142 Å². The standard InChI is InChI=1S/C60H64N9O13P/c1-66-51(71)29-27-49(59(66)78)68-34-43-36(19-13-20-42(43)57(68)76)14-7-3-2-4-12-21-52(72)67-31-30-41-23-26-48(56(75)63-45(25-28-50(61)70)54(73)65-53(37-15-8-5-9-16-37)38-17-10-6-11-18-38)69(41)58(77)47(35-67)64-55(74)46-33-40-32-39(22-24-44(40)62-46)60(79)83(80,81)82/h5-6,8-11,13,15-20,22,24,32-33,41,45,47-49,53,62H,2-4,12,21,23,25-31,34-35H2,1H3,(H2,61,70)(H,63,75)(H,64,74)(H,65,73)(H2,80,81,82)/t41-,45+,47+,48+,49+/m0/s1. The maximum absolute atomic E-state index is 15.0. The molecule has 5 aromatic rings. The zero-order valence-corrected chi connectivity index (χ0v) is 46.5. The molecule has 22 nitrogen and oxygen atoms in total. The molecule has 0 aliphatic carbocycles. The topological polar surface area (TPSA) is 319 Å². The van der Waals surface area contributed by atoms with Crippen molar-refractivity contribution < 1.29 is 62.3 Å². The Morgan fingerprint density at radius 3 is 2.23 bits per heavy atom. The van der Waals surface area contributed by atoms with Crippen LogP contribution in [0.3, 0.4) is 0 Å². The number of aromatic amines is 1. The number of nitrogens with two attached hydrogens (primary N) is 1. The van der Waals surface area contributed by atoms with Crippen molar-refractivity contribution in [2.45, 2.75) is 120 Å². The van der Waals surface area contributed by atoms with Crippen LogP contribution in [0, 0.1) is 11.8 Å². The molecule has 0 unspecified atom stereocenters. The van der Waals surface area contributed by atoms with Crippen molar-refractivity contribution in [2.24, 2.45) is 5.73 Å². The number of likely N-dealkylation sites (N-methyl/N-ethyl adjacent to an activating group) is 1. The summed E-state index contributed by atoms with van der Waals surface area (Å²) in [5.74, 6) is 1.69. The van der Waals surface area contributed by atoms with E-state index in [1.807, 2.05) is 66.7 Å². The van der Waals surface area contributed by atoms with E-state index in [1.165, 1.54) is 46.0 Å². The van der Waals surface area contributed by atoms with Gasteiger partial charge in [0.05, 0.1) is 6.04 Å². The van der Waals surface area contributed by atoms with Gasteiger partial charge in [-0.05, 0) is 98.0 Å². The van der Waals surface area contributed by atoms with E-state index in [9.17, 15) is 57.5 Å². The molecule has 23 heteroatoms. The van der Waals surface area contributed by atoms with Gasteiger partial charge in [-0.15, -0.1) is 0 Å². The first kappa shape index (κ1) is 58.9. The van der Waals surface area contributed by atoms with Crippen LogP contribution in [0.5, 0.6) is 0 Å². The summed E-state index contributed by atoms with van der Waals surface area (Å²) >= 11 is 0. The summed E-state index contributed by atoms with van der Waals surface area (Å²) in [4.78, 5) is 163. The van der Waals surface area contributed by atoms with Gasteiger partial charge in [0, 0.05) is 86.0 Å². The summed E-state index contributed by atoms with van der Waals surface area (Å²) in [7, 11) is -3.71. The van der Waals surface area contributed by atoms with Gasteiger partial charge in [0.1, 0.15) is 29.9 Å². The molecular weight excluding hydrogens is 1090 g/mol. The maximum atomic E-state index is 15.0. The highest BCUT2D eigenvalue weighted by molar-refractivity contribution is 7.70. The van der Waals surface area contributed by atoms with Gasteiger partial charge in [0.25, 0.3) is 23.2 Å². The molecular formula is C60H64N9O13P. The predicted molar refractivity (Wildman–Crippen MR) is 301 cm³/mol. The van der Waals surface area contributed by atoms with E-state index in [1.54, 1.807) is 12.1 Å². The van der Waals surface area contributed by atoms with Crippen LogP contribution < -0.4 is 21.7 Å². The molecule has 4 aliphatic rings. The zero-order valence-electron chi connectivity index (χ0n) is 45.6. The number of unbranched alkanes of at least 4 members (excludes halogenated alkanes) is 3. The van der Waals surface area contributed by atoms with Crippen molar-refractivity contribution >= 4 is 77.2 Å². The summed E-state index contributed by atoms with van der Waals surface area (Å²) in [6, 6.07) is 23.1. The number of primary amides is 1. The van der Waals surface area contributed by atoms with Crippen LogP contribution >= 0.6 is 7.60 Å². The summed E-state index contributed by atoms with van der Waals surface area (Å²) in [6.07, 6.45) is 3.15. The number of rotatable bonds is 19. The van der Waals surface area contributed by atoms with Crippen molar-refractivity contribution in [3.63, 3.8) is 0 Å². The highest BCUT2D eigenvalue weighted by Crippen LogP contribution is 2.40. The zero-order chi connectivity index (χ0) is 59.1. The second-order valence-corrected chi connectivity index (χ2v) is 22.8. The predicted octanol–water partition coefficient (Wildman–Crippen LogP) is 3.94. The monoisotopic (exact) mass is 1150 g/mol. The minimum atomic E-state index is -5.13. The molecule has 0 saturated carbocycles. The second-order valence-electron chi connectivity index (χ2n) is 21.3. The smallest absolute Gasteiger partial charge is 0.370 e. The van der Waals surface area contributed by atoms with Crippen LogP contribution in [0.15, 0.2) is 103 Å². The van der Waals surface area contributed by atoms with Crippen molar-refractivity contribution in [3.8, 4) is 11.8 Å². The molecule has 8 N–H and O–H groups in total. The fourth-order valence-corrected chi connectivity index (χ4v) is 11.8. The molecule has 4 aliphatic heterocycles. The van der Waals surface area contributed by atoms with Gasteiger partial charge in [-0.2, -0.15) is 0 Å². The third-order valence-electron chi connectivity index (χ3n) is 15.8. The number of hydrogen-bond acceptors (Lipinski definition) is 11. The Morgan fingerprint density at radius 2 is 1.53 bits per heavy atom. The Morgan fingerprint density at radius 1 is 0.807 bits per heavy atom. The molecule has 5 heterocycles. The number of piperidine rings is 1. The van der Waals surface area contributed by atoms with Crippen LogP contribution in [0.4, 0.5) is 0 Å². The number of nitrogens with zero attached hydrogens (tertiary/aromatic N) is 4. The lowest BCUT2D eigenvalue weighted by atomic mass is 9.98. The first-order valence-electron chi connectivity index (χ1n) is 27.6. The molecule has 83 heavy (non-hydrogen) atoms. The fraction of sp³-hybridized carbons (Fsp3) is 0.367. The van der Waals surface area contributed by atoms with E-state index in [-0.39, 0.29) is 98.9 Å². The molecule has 9 rings (SSSR count). The number of aromatic nitrogens is 1. The summed E-state index contributed by atoms with van der Waals surface area (Å²) in [5.41, 5.74) is 7.49. The molecule has 5 atom stereocenters. The maximum Gasteiger partial charge on any atom is 0.396 e. The second kappa shape index (κ2) is 25.6. The van der Waals surface area contributed by atoms with Crippen molar-refractivity contribution in [1.82, 2.24) is 40.5 Å². The SMILES string of the molecule is CN1C(=O)CC[C@@H](N2Cc3c(C#CCCCCCC(=O)N4CC[C@@H]5CC[C@H](C(=O)N[C@H](CCC(N)=O)C(=O)NC(c6ccccc6)c6ccccc6)N5C(=O)[C@H](NC(=O)c5cc6cc(C(=O)P(=O)(O)O)ccc6[nH]5)C4)cccc3C2=O)C1=O. The third kappa shape index (κ3) is 13.4. The number of likely N-dealkylation sites (tertiary alicyclic amines) is 1. The van der Waals surface area contributed by atoms with Crippen molar-refractivity contribution in [2.75, 3.05) is 20.1 Å². The average molecular weight is 1150 g/mol. The Kier molecular flexibility index (Phi) is 18.1. The average Bonchev–Trinajstić information content (AvgIpc) is 4.31. The van der Waals surface area contributed by atoms with E-state index in [0.29, 0.717) is 48.7 Å². The Labute approximate surface area is 478 Å². The number of amides is 9. The van der Waals surface area contributed by atoms with Crippen LogP contribution in [-0.2, 0) is 44.7 Å². The number of imide groups is 1. The van der Waals surface area contributed by atoms with E-state index in [0.717, 1.165) is 21.6 Å². The first-order chi connectivity index (χ1) is 39.8. The summed E-state index contributed by atoms with van der Waals surface area (Å²) in [6.45, 7) is 0.0874. The van der Waals surface area contributed by atoms with Gasteiger partial charge in [-0.25, -0.2) is 0 Å². The molecule has 1 aromatic heterocycles. The lowest BCUT2D eigenvalue weighted by molar-refractivity contribution is -0.150. The van der Waals surface area contributed by atoms with Gasteiger partial charge in [-0.1, -0.05) is 85.0 Å². The number of fused-ring (bicyclic) bond motifs is 3. The fourth-order valence-electron chi connectivity index (χ4n) is 11.4. The molecule has 3 fully saturated rings. The van der Waals surface area contributed by atoms with Crippen LogP contribution in [-0.4, -0.2) is 143 Å². The molecule has 3 saturated heterocycles. The molecule has 9 amide bonds. The van der Waals surface area contributed by atoms with Gasteiger partial charge in [-0.3, -0.25) is 57.4 Å². The number of carbonyl (C=O) groups excluding carboxylic acids is 10. The number of benzene rings is 4. The number of carbonyl (C=O) groups is 10. The quantitative estimate of drug-likeness (QED) is 0.0267. The lowest BCUT2D eigenvalue weighted by Gasteiger charge is -2.39. The van der Waals surface area contributed by atoms with Gasteiger partial charge >= 0.3 is 7.60 Å². The summed E-state index contributed by atoms with van der Waals surface area (Å²) < 4.78 is 11.8. The number of hydrogen-bond donors (Lipinski definition) is 7. The number of nitrogens with one attached hydrogen (secondary N) is 4. The minimum Gasteiger partial charge on any atom is -0.370 e. The largest absolute Gasteiger partial charge is 0.396 e. The first-order valence-corrected chi connectivity index (χ1v) is 29.2. The van der Waals surface area contributed by atoms with Crippen LogP contribution in [0.25, 0.3) is 10.9 Å². The van der Waals surface area contributed by atoms with Gasteiger partial charge < -0.3 is 51.2 Å². The molecule has 0 bridgehead atoms. The van der Waals surface area contributed by atoms with Crippen LogP contribution in [0.1, 0.15) is 137 Å².